The quantitative estimate of drug-likeness (QED) is 0.801. The predicted octanol–water partition coefficient (Wildman–Crippen LogP) is 1.12. The van der Waals surface area contributed by atoms with E-state index in [0.717, 1.165) is 24.1 Å². The third-order valence-corrected chi connectivity index (χ3v) is 3.19. The van der Waals surface area contributed by atoms with Crippen molar-refractivity contribution in [3.8, 4) is 5.69 Å². The number of benzene rings is 1. The molecular formula is C14H13F3N4O4. The van der Waals surface area contributed by atoms with Gasteiger partial charge >= 0.3 is 12.1 Å². The fourth-order valence-corrected chi connectivity index (χ4v) is 1.95. The number of rotatable bonds is 6. The van der Waals surface area contributed by atoms with Crippen molar-refractivity contribution in [2.75, 3.05) is 13.7 Å². The Morgan fingerprint density at radius 1 is 1.36 bits per heavy atom. The summed E-state index contributed by atoms with van der Waals surface area (Å²) < 4.78 is 44.5. The van der Waals surface area contributed by atoms with Crippen molar-refractivity contribution in [2.45, 2.75) is 12.3 Å². The van der Waals surface area contributed by atoms with Crippen LogP contribution in [0.3, 0.4) is 0 Å². The number of amides is 1. The summed E-state index contributed by atoms with van der Waals surface area (Å²) in [6, 6.07) is 4.69. The summed E-state index contributed by atoms with van der Waals surface area (Å²) in [7, 11) is 1.16. The summed E-state index contributed by atoms with van der Waals surface area (Å²) >= 11 is 0. The zero-order chi connectivity index (χ0) is 18.6. The van der Waals surface area contributed by atoms with E-state index in [-0.39, 0.29) is 17.9 Å². The van der Waals surface area contributed by atoms with Crippen LogP contribution in [0.5, 0.6) is 0 Å². The Bertz CT molecular complexity index is 775. The second-order valence-corrected chi connectivity index (χ2v) is 4.84. The smallest absolute Gasteiger partial charge is 0.418 e. The third kappa shape index (κ3) is 4.32. The van der Waals surface area contributed by atoms with Crippen molar-refractivity contribution >= 4 is 11.9 Å². The van der Waals surface area contributed by atoms with Crippen molar-refractivity contribution in [3.05, 3.63) is 41.7 Å². The van der Waals surface area contributed by atoms with Crippen LogP contribution in [0, 0.1) is 0 Å². The number of carbonyl (C=O) groups is 2. The largest absolute Gasteiger partial charge is 0.479 e. The van der Waals surface area contributed by atoms with Crippen molar-refractivity contribution in [1.29, 1.82) is 0 Å². The van der Waals surface area contributed by atoms with Gasteiger partial charge in [-0.25, -0.2) is 9.48 Å². The van der Waals surface area contributed by atoms with Crippen LogP contribution in [0.4, 0.5) is 13.2 Å². The minimum Gasteiger partial charge on any atom is -0.479 e. The summed E-state index contributed by atoms with van der Waals surface area (Å²) in [5.74, 6) is -2.07. The van der Waals surface area contributed by atoms with E-state index in [4.69, 9.17) is 5.11 Å². The molecule has 0 aliphatic carbocycles. The summed E-state index contributed by atoms with van der Waals surface area (Å²) in [6.45, 7) is -0.337. The van der Waals surface area contributed by atoms with Gasteiger partial charge in [0, 0.05) is 7.11 Å². The molecule has 0 bridgehead atoms. The Labute approximate surface area is 139 Å². The molecule has 1 aromatic carbocycles. The summed E-state index contributed by atoms with van der Waals surface area (Å²) in [5, 5.41) is 18.1. The molecule has 11 heteroatoms. The van der Waals surface area contributed by atoms with Crippen LogP contribution in [0.25, 0.3) is 5.69 Å². The second kappa shape index (κ2) is 7.30. The number of para-hydroxylation sites is 1. The summed E-state index contributed by atoms with van der Waals surface area (Å²) in [5.41, 5.74) is -1.49. The van der Waals surface area contributed by atoms with Crippen molar-refractivity contribution in [2.24, 2.45) is 0 Å². The van der Waals surface area contributed by atoms with Gasteiger partial charge in [0.05, 0.1) is 24.0 Å². The van der Waals surface area contributed by atoms with Crippen LogP contribution in [-0.4, -0.2) is 51.7 Å². The monoisotopic (exact) mass is 358 g/mol. The Hall–Kier alpha value is -2.95. The highest BCUT2D eigenvalue weighted by molar-refractivity contribution is 5.92. The molecule has 0 aliphatic heterocycles. The highest BCUT2D eigenvalue weighted by Crippen LogP contribution is 2.33. The van der Waals surface area contributed by atoms with Crippen LogP contribution in [0.2, 0.25) is 0 Å². The van der Waals surface area contributed by atoms with Gasteiger partial charge in [-0.3, -0.25) is 4.79 Å². The molecule has 0 fully saturated rings. The first-order valence-electron chi connectivity index (χ1n) is 6.86. The van der Waals surface area contributed by atoms with Crippen LogP contribution in [-0.2, 0) is 15.7 Å². The lowest BCUT2D eigenvalue weighted by Gasteiger charge is -2.11. The maximum Gasteiger partial charge on any atom is 0.418 e. The number of carbonyl (C=O) groups excluding carboxylic acids is 1. The number of nitrogens with zero attached hydrogens (tertiary/aromatic N) is 3. The van der Waals surface area contributed by atoms with Gasteiger partial charge in [0.1, 0.15) is 0 Å². The van der Waals surface area contributed by atoms with Gasteiger partial charge < -0.3 is 15.2 Å². The molecule has 25 heavy (non-hydrogen) atoms. The molecule has 2 rings (SSSR count). The molecular weight excluding hydrogens is 345 g/mol. The molecule has 0 aliphatic rings. The number of methoxy groups -OCH3 is 1. The number of carboxylic acid groups (broad SMARTS) is 1. The normalized spacial score (nSPS) is 12.6. The summed E-state index contributed by atoms with van der Waals surface area (Å²) in [6.07, 6.45) is -4.84. The van der Waals surface area contributed by atoms with Crippen LogP contribution < -0.4 is 5.32 Å². The standard InChI is InChI=1S/C14H13F3N4O4/c1-25-11(13(23)24)6-18-12(22)9-7-21(20-19-9)10-5-3-2-4-8(10)14(15,16)17/h2-5,7,11H,6H2,1H3,(H,18,22)(H,23,24). The molecule has 0 radical (unpaired) electrons. The van der Waals surface area contributed by atoms with Gasteiger partial charge in [-0.05, 0) is 12.1 Å². The van der Waals surface area contributed by atoms with E-state index in [9.17, 15) is 22.8 Å². The molecule has 0 spiro atoms. The number of aromatic nitrogens is 3. The van der Waals surface area contributed by atoms with Gasteiger partial charge in [-0.15, -0.1) is 5.10 Å². The van der Waals surface area contributed by atoms with Crippen molar-refractivity contribution < 1.29 is 32.6 Å². The molecule has 2 N–H and O–H groups in total. The first-order chi connectivity index (χ1) is 11.7. The fourth-order valence-electron chi connectivity index (χ4n) is 1.95. The average Bonchev–Trinajstić information content (AvgIpc) is 3.04. The molecule has 1 unspecified atom stereocenters. The summed E-state index contributed by atoms with van der Waals surface area (Å²) in [4.78, 5) is 22.7. The van der Waals surface area contributed by atoms with E-state index >= 15 is 0 Å². The van der Waals surface area contributed by atoms with Crippen LogP contribution in [0.15, 0.2) is 30.5 Å². The third-order valence-electron chi connectivity index (χ3n) is 3.19. The molecule has 8 nitrogen and oxygen atoms in total. The predicted molar refractivity (Wildman–Crippen MR) is 77.1 cm³/mol. The zero-order valence-corrected chi connectivity index (χ0v) is 12.8. The molecule has 134 valence electrons. The van der Waals surface area contributed by atoms with Gasteiger partial charge in [-0.2, -0.15) is 13.2 Å². The lowest BCUT2D eigenvalue weighted by molar-refractivity contribution is -0.148. The SMILES string of the molecule is COC(CNC(=O)c1cn(-c2ccccc2C(F)(F)F)nn1)C(=O)O. The zero-order valence-electron chi connectivity index (χ0n) is 12.8. The van der Waals surface area contributed by atoms with E-state index in [1.54, 1.807) is 0 Å². The van der Waals surface area contributed by atoms with Gasteiger partial charge in [0.2, 0.25) is 0 Å². The molecule has 1 amide bonds. The first kappa shape index (κ1) is 18.4. The topological polar surface area (TPSA) is 106 Å². The highest BCUT2D eigenvalue weighted by atomic mass is 19.4. The first-order valence-corrected chi connectivity index (χ1v) is 6.86. The fraction of sp³-hybridized carbons (Fsp3) is 0.286. The number of halogens is 3. The minimum absolute atomic E-state index is 0.266. The van der Waals surface area contributed by atoms with Gasteiger partial charge in [0.15, 0.2) is 11.8 Å². The van der Waals surface area contributed by atoms with Gasteiger partial charge in [-0.1, -0.05) is 17.3 Å². The molecule has 1 aromatic heterocycles. The Morgan fingerprint density at radius 3 is 2.64 bits per heavy atom. The van der Waals surface area contributed by atoms with E-state index < -0.39 is 29.7 Å². The molecule has 0 saturated heterocycles. The lowest BCUT2D eigenvalue weighted by Crippen LogP contribution is -2.37. The highest BCUT2D eigenvalue weighted by Gasteiger charge is 2.34. The van der Waals surface area contributed by atoms with Gasteiger partial charge in [0.25, 0.3) is 5.91 Å². The molecule has 1 atom stereocenters. The van der Waals surface area contributed by atoms with E-state index in [1.807, 2.05) is 0 Å². The van der Waals surface area contributed by atoms with Crippen molar-refractivity contribution in [3.63, 3.8) is 0 Å². The Morgan fingerprint density at radius 2 is 2.04 bits per heavy atom. The lowest BCUT2D eigenvalue weighted by atomic mass is 10.1. The van der Waals surface area contributed by atoms with Crippen molar-refractivity contribution in [1.82, 2.24) is 20.3 Å². The maximum absolute atomic E-state index is 13.0. The Kier molecular flexibility index (Phi) is 5.37. The van der Waals surface area contributed by atoms with E-state index in [2.05, 4.69) is 20.4 Å². The van der Waals surface area contributed by atoms with Crippen LogP contribution in [0.1, 0.15) is 16.1 Å². The number of nitrogens with one attached hydrogen (secondary N) is 1. The van der Waals surface area contributed by atoms with E-state index in [1.165, 1.54) is 18.2 Å². The average molecular weight is 358 g/mol. The molecule has 0 saturated carbocycles. The number of ether oxygens (including phenoxy) is 1. The Balaban J connectivity index is 2.18. The number of aliphatic carboxylic acids is 1. The number of carboxylic acids is 1. The molecule has 1 heterocycles. The van der Waals surface area contributed by atoms with E-state index in [0.29, 0.717) is 0 Å². The molecule has 2 aromatic rings. The minimum atomic E-state index is -4.60. The maximum atomic E-state index is 13.0. The number of alkyl halides is 3. The van der Waals surface area contributed by atoms with Crippen LogP contribution >= 0.6 is 0 Å². The number of hydrogen-bond donors (Lipinski definition) is 2. The second-order valence-electron chi connectivity index (χ2n) is 4.84. The number of hydrogen-bond acceptors (Lipinski definition) is 5.